The topological polar surface area (TPSA) is 80.2 Å². The molecular formula is C37H37F3N4O4. The molecule has 0 bridgehead atoms. The molecule has 3 atom stereocenters. The normalized spacial score (nSPS) is 23.9. The molecule has 8 rings (SSSR count). The summed E-state index contributed by atoms with van der Waals surface area (Å²) in [5.41, 5.74) is 0.337. The van der Waals surface area contributed by atoms with Gasteiger partial charge in [0.25, 0.3) is 0 Å². The Morgan fingerprint density at radius 1 is 1.15 bits per heavy atom. The predicted molar refractivity (Wildman–Crippen MR) is 177 cm³/mol. The fraction of sp³-hybridized carbons (Fsp3) is 0.459. The SMILES string of the molecule is C#Cc1c(F)ccc2cc(O)cc(-c3c(C(C)C)c4c5c(nc(OC[C@@]67CCCN6C[C@H](F)C7)nc5c3F)N3CCCOC[C@H]3CO4)c12. The Morgan fingerprint density at radius 2 is 2.00 bits per heavy atom. The number of anilines is 1. The van der Waals surface area contributed by atoms with Crippen LogP contribution in [-0.2, 0) is 4.74 Å². The van der Waals surface area contributed by atoms with Crippen molar-refractivity contribution in [3.63, 3.8) is 0 Å². The molecule has 0 amide bonds. The number of aromatic hydroxyl groups is 1. The van der Waals surface area contributed by atoms with Gasteiger partial charge in [0.1, 0.15) is 48.0 Å². The number of phenols is 1. The number of rotatable bonds is 5. The number of fused-ring (bicyclic) bond motifs is 4. The van der Waals surface area contributed by atoms with Gasteiger partial charge in [0.15, 0.2) is 5.82 Å². The molecule has 1 N–H and O–H groups in total. The fourth-order valence-corrected chi connectivity index (χ4v) is 8.35. The number of nitrogens with zero attached hydrogens (tertiary/aromatic N) is 4. The zero-order valence-electron chi connectivity index (χ0n) is 27.0. The summed E-state index contributed by atoms with van der Waals surface area (Å²) in [5.74, 6) is 1.60. The highest BCUT2D eigenvalue weighted by molar-refractivity contribution is 6.07. The van der Waals surface area contributed by atoms with Crippen LogP contribution < -0.4 is 14.4 Å². The van der Waals surface area contributed by atoms with Crippen molar-refractivity contribution < 1.29 is 32.5 Å². The molecule has 1 aromatic heterocycles. The standard InChI is InChI=1S/C37H37F3N4O4/c1-4-25-27(39)8-7-21-13-24(45)14-26(29(21)25)30-28(20(2)3)34-31-33(32(30)40)41-36(48-19-37-9-5-10-43(37)16-22(38)15-37)42-35(31)44-11-6-12-46-17-23(44)18-47-34/h1,7-8,13-14,20,22-23,45H,5-6,9-12,15-19H2,2-3H3/t22-,23+,37+/m1/s1. The van der Waals surface area contributed by atoms with Crippen molar-refractivity contribution in [3.05, 3.63) is 47.0 Å². The molecule has 0 aliphatic carbocycles. The summed E-state index contributed by atoms with van der Waals surface area (Å²) in [6, 6.07) is 5.40. The lowest BCUT2D eigenvalue weighted by molar-refractivity contribution is 0.107. The van der Waals surface area contributed by atoms with Gasteiger partial charge >= 0.3 is 6.01 Å². The van der Waals surface area contributed by atoms with Crippen LogP contribution in [0, 0.1) is 24.0 Å². The molecule has 48 heavy (non-hydrogen) atoms. The second kappa shape index (κ2) is 11.7. The van der Waals surface area contributed by atoms with E-state index in [1.165, 1.54) is 24.3 Å². The Balaban J connectivity index is 1.40. The number of hydrogen-bond acceptors (Lipinski definition) is 8. The Bertz CT molecular complexity index is 2000. The Kier molecular flexibility index (Phi) is 7.57. The number of terminal acetylenes is 1. The summed E-state index contributed by atoms with van der Waals surface area (Å²) < 4.78 is 66.2. The highest BCUT2D eigenvalue weighted by Gasteiger charge is 2.49. The third-order valence-corrected chi connectivity index (χ3v) is 10.4. The molecule has 11 heteroatoms. The molecule has 4 aliphatic heterocycles. The van der Waals surface area contributed by atoms with Crippen LogP contribution in [0.5, 0.6) is 17.5 Å². The van der Waals surface area contributed by atoms with Crippen molar-refractivity contribution in [2.75, 3.05) is 51.0 Å². The third-order valence-electron chi connectivity index (χ3n) is 10.4. The van der Waals surface area contributed by atoms with Gasteiger partial charge in [-0.1, -0.05) is 25.8 Å². The first-order chi connectivity index (χ1) is 23.2. The number of halogens is 3. The van der Waals surface area contributed by atoms with Gasteiger partial charge in [0.05, 0.1) is 29.1 Å². The lowest BCUT2D eigenvalue weighted by Crippen LogP contribution is -2.43. The van der Waals surface area contributed by atoms with E-state index in [0.717, 1.165) is 25.8 Å². The van der Waals surface area contributed by atoms with Crippen molar-refractivity contribution in [2.24, 2.45) is 0 Å². The molecule has 0 spiro atoms. The highest BCUT2D eigenvalue weighted by atomic mass is 19.1. The maximum absolute atomic E-state index is 17.6. The van der Waals surface area contributed by atoms with Crippen LogP contribution in [0.4, 0.5) is 19.0 Å². The number of hydrogen-bond donors (Lipinski definition) is 1. The number of benzene rings is 3. The van der Waals surface area contributed by atoms with E-state index in [4.69, 9.17) is 25.6 Å². The fourth-order valence-electron chi connectivity index (χ4n) is 8.35. The van der Waals surface area contributed by atoms with Gasteiger partial charge in [-0.3, -0.25) is 4.90 Å². The summed E-state index contributed by atoms with van der Waals surface area (Å²) in [5, 5.41) is 12.0. The molecule has 0 unspecified atom stereocenters. The van der Waals surface area contributed by atoms with E-state index in [1.807, 2.05) is 13.8 Å². The van der Waals surface area contributed by atoms with Gasteiger partial charge in [-0.25, -0.2) is 13.2 Å². The summed E-state index contributed by atoms with van der Waals surface area (Å²) in [6.45, 7) is 7.01. The van der Waals surface area contributed by atoms with Crippen LogP contribution in [-0.4, -0.2) is 83.8 Å². The van der Waals surface area contributed by atoms with Crippen LogP contribution >= 0.6 is 0 Å². The molecule has 0 saturated carbocycles. The van der Waals surface area contributed by atoms with Crippen molar-refractivity contribution in [3.8, 4) is 41.0 Å². The molecule has 3 fully saturated rings. The van der Waals surface area contributed by atoms with E-state index >= 15 is 8.78 Å². The van der Waals surface area contributed by atoms with Crippen LogP contribution in [0.1, 0.15) is 56.6 Å². The Morgan fingerprint density at radius 3 is 2.81 bits per heavy atom. The van der Waals surface area contributed by atoms with E-state index in [0.29, 0.717) is 66.0 Å². The van der Waals surface area contributed by atoms with Gasteiger partial charge in [-0.05, 0) is 60.9 Å². The molecular weight excluding hydrogens is 621 g/mol. The van der Waals surface area contributed by atoms with E-state index in [1.54, 1.807) is 0 Å². The summed E-state index contributed by atoms with van der Waals surface area (Å²) >= 11 is 0. The number of ether oxygens (including phenoxy) is 3. The first-order valence-corrected chi connectivity index (χ1v) is 16.7. The average molecular weight is 659 g/mol. The predicted octanol–water partition coefficient (Wildman–Crippen LogP) is 6.48. The second-order valence-corrected chi connectivity index (χ2v) is 13.7. The minimum atomic E-state index is -0.932. The maximum atomic E-state index is 17.6. The summed E-state index contributed by atoms with van der Waals surface area (Å²) in [6.07, 6.45) is 7.73. The molecule has 250 valence electrons. The number of alkyl halides is 1. The average Bonchev–Trinajstić information content (AvgIpc) is 3.41. The first kappa shape index (κ1) is 31.0. The van der Waals surface area contributed by atoms with Crippen molar-refractivity contribution in [1.82, 2.24) is 14.9 Å². The quantitative estimate of drug-likeness (QED) is 0.244. The van der Waals surface area contributed by atoms with Gasteiger partial charge in [-0.2, -0.15) is 9.97 Å². The summed E-state index contributed by atoms with van der Waals surface area (Å²) in [4.78, 5) is 13.8. The first-order valence-electron chi connectivity index (χ1n) is 16.7. The smallest absolute Gasteiger partial charge is 0.319 e. The molecule has 5 heterocycles. The molecule has 0 radical (unpaired) electrons. The molecule has 3 aromatic carbocycles. The van der Waals surface area contributed by atoms with Crippen LogP contribution in [0.2, 0.25) is 0 Å². The summed E-state index contributed by atoms with van der Waals surface area (Å²) in [7, 11) is 0. The molecule has 4 aromatic rings. The molecule has 8 nitrogen and oxygen atoms in total. The van der Waals surface area contributed by atoms with Gasteiger partial charge in [-0.15, -0.1) is 6.42 Å². The highest BCUT2D eigenvalue weighted by Crippen LogP contribution is 2.51. The third kappa shape index (κ3) is 4.83. The Labute approximate surface area is 276 Å². The van der Waals surface area contributed by atoms with Crippen molar-refractivity contribution in [2.45, 2.75) is 63.2 Å². The van der Waals surface area contributed by atoms with E-state index in [-0.39, 0.29) is 59.1 Å². The minimum absolute atomic E-state index is 0.0175. The van der Waals surface area contributed by atoms with Crippen LogP contribution in [0.25, 0.3) is 32.8 Å². The second-order valence-electron chi connectivity index (χ2n) is 13.7. The van der Waals surface area contributed by atoms with Gasteiger partial charge in [0.2, 0.25) is 0 Å². The van der Waals surface area contributed by atoms with Crippen LogP contribution in [0.15, 0.2) is 24.3 Å². The van der Waals surface area contributed by atoms with E-state index in [9.17, 15) is 9.50 Å². The lowest BCUT2D eigenvalue weighted by Gasteiger charge is -2.31. The zero-order chi connectivity index (χ0) is 33.3. The van der Waals surface area contributed by atoms with E-state index < -0.39 is 23.3 Å². The van der Waals surface area contributed by atoms with Gasteiger partial charge < -0.3 is 24.2 Å². The van der Waals surface area contributed by atoms with Gasteiger partial charge in [0, 0.05) is 42.6 Å². The van der Waals surface area contributed by atoms with E-state index in [2.05, 4.69) is 20.7 Å². The van der Waals surface area contributed by atoms with Crippen LogP contribution in [0.3, 0.4) is 0 Å². The van der Waals surface area contributed by atoms with Crippen molar-refractivity contribution >= 4 is 27.5 Å². The number of aromatic nitrogens is 2. The lowest BCUT2D eigenvalue weighted by atomic mass is 9.85. The molecule has 3 saturated heterocycles. The number of phenolic OH excluding ortho intramolecular Hbond substituents is 1. The minimum Gasteiger partial charge on any atom is -0.508 e. The molecule has 4 aliphatic rings. The van der Waals surface area contributed by atoms with Crippen molar-refractivity contribution in [1.29, 1.82) is 0 Å². The largest absolute Gasteiger partial charge is 0.508 e. The monoisotopic (exact) mass is 658 g/mol. The maximum Gasteiger partial charge on any atom is 0.319 e. The Hall–Kier alpha value is -4.27. The zero-order valence-corrected chi connectivity index (χ0v) is 27.0.